The molecular formula is C32H37FN2O3. The first-order chi connectivity index (χ1) is 18.5. The van der Waals surface area contributed by atoms with E-state index in [1.165, 1.54) is 44.4 Å². The van der Waals surface area contributed by atoms with Crippen LogP contribution in [0.2, 0.25) is 0 Å². The third kappa shape index (κ3) is 6.62. The number of methoxy groups -OCH3 is 1. The number of nitrogens with one attached hydrogen (secondary N) is 1. The topological polar surface area (TPSA) is 63.5 Å². The van der Waals surface area contributed by atoms with Gasteiger partial charge in [-0.1, -0.05) is 69.0 Å². The Morgan fingerprint density at radius 3 is 2.55 bits per heavy atom. The number of fused-ring (bicyclic) bond motifs is 1. The number of hydrogen-bond donors (Lipinski definition) is 2. The molecule has 4 aromatic rings. The van der Waals surface area contributed by atoms with Gasteiger partial charge in [0.05, 0.1) is 19.8 Å². The number of hydrogen-bond acceptors (Lipinski definition) is 3. The Hall–Kier alpha value is -3.64. The van der Waals surface area contributed by atoms with Crippen LogP contribution in [0.15, 0.2) is 72.9 Å². The van der Waals surface area contributed by atoms with E-state index in [1.54, 1.807) is 30.3 Å². The molecule has 0 fully saturated rings. The highest BCUT2D eigenvalue weighted by Crippen LogP contribution is 2.27. The van der Waals surface area contributed by atoms with Gasteiger partial charge in [0.25, 0.3) is 5.91 Å². The monoisotopic (exact) mass is 516 g/mol. The lowest BCUT2D eigenvalue weighted by Gasteiger charge is -2.16. The number of para-hydroxylation sites is 1. The van der Waals surface area contributed by atoms with E-state index in [-0.39, 0.29) is 18.3 Å². The summed E-state index contributed by atoms with van der Waals surface area (Å²) in [5.41, 5.74) is 4.11. The number of rotatable bonds is 13. The minimum absolute atomic E-state index is 0.172. The first kappa shape index (κ1) is 27.4. The summed E-state index contributed by atoms with van der Waals surface area (Å²) in [5, 5.41) is 14.3. The van der Waals surface area contributed by atoms with Gasteiger partial charge in [0.1, 0.15) is 0 Å². The van der Waals surface area contributed by atoms with Gasteiger partial charge in [-0.3, -0.25) is 4.79 Å². The van der Waals surface area contributed by atoms with Crippen LogP contribution in [0.4, 0.5) is 4.39 Å². The van der Waals surface area contributed by atoms with Crippen LogP contribution in [0.25, 0.3) is 22.0 Å². The number of benzene rings is 3. The summed E-state index contributed by atoms with van der Waals surface area (Å²) in [6.07, 6.45) is 8.80. The van der Waals surface area contributed by atoms with Crippen LogP contribution in [-0.2, 0) is 13.0 Å². The Labute approximate surface area is 224 Å². The second kappa shape index (κ2) is 13.2. The van der Waals surface area contributed by atoms with E-state index in [0.29, 0.717) is 17.5 Å². The number of aryl methyl sites for hydroxylation is 1. The van der Waals surface area contributed by atoms with Crippen molar-refractivity contribution in [1.82, 2.24) is 9.88 Å². The number of aromatic nitrogens is 1. The number of aliphatic hydroxyl groups excluding tert-OH is 1. The minimum atomic E-state index is -0.458. The summed E-state index contributed by atoms with van der Waals surface area (Å²) in [6.45, 7) is 3.01. The van der Waals surface area contributed by atoms with E-state index < -0.39 is 11.9 Å². The maximum absolute atomic E-state index is 14.2. The van der Waals surface area contributed by atoms with Gasteiger partial charge in [-0.2, -0.15) is 0 Å². The summed E-state index contributed by atoms with van der Waals surface area (Å²) in [4.78, 5) is 13.1. The molecule has 1 unspecified atom stereocenters. The summed E-state index contributed by atoms with van der Waals surface area (Å²) in [6, 6.07) is 19.6. The number of amides is 1. The van der Waals surface area contributed by atoms with Crippen molar-refractivity contribution >= 4 is 16.8 Å². The number of halogens is 1. The molecule has 0 aliphatic rings. The molecule has 2 N–H and O–H groups in total. The Bertz CT molecular complexity index is 1360. The zero-order valence-corrected chi connectivity index (χ0v) is 22.3. The molecule has 0 radical (unpaired) electrons. The third-order valence-corrected chi connectivity index (χ3v) is 7.01. The number of ether oxygens (including phenoxy) is 1. The van der Waals surface area contributed by atoms with Crippen molar-refractivity contribution in [3.05, 3.63) is 89.9 Å². The molecule has 1 aromatic heterocycles. The van der Waals surface area contributed by atoms with Crippen LogP contribution in [0.1, 0.15) is 54.9 Å². The van der Waals surface area contributed by atoms with E-state index in [0.717, 1.165) is 29.5 Å². The standard InChI is InChI=1S/C32H37FN2O3/c1-3-4-5-6-9-17-35-21-26(28-13-7-8-14-30(28)35)19-27(22-36)34-32(37)25-12-10-11-23(18-25)24-15-16-31(38-2)29(33)20-24/h7-8,10-16,18,20-21,27,36H,3-6,9,17,19,22H2,1-2H3,(H,34,37). The molecule has 3 aromatic carbocycles. The third-order valence-electron chi connectivity index (χ3n) is 7.01. The molecule has 5 nitrogen and oxygen atoms in total. The van der Waals surface area contributed by atoms with Crippen molar-refractivity contribution < 1.29 is 19.0 Å². The number of aliphatic hydroxyl groups is 1. The number of carbonyl (C=O) groups excluding carboxylic acids is 1. The van der Waals surface area contributed by atoms with Crippen molar-refractivity contribution in [3.63, 3.8) is 0 Å². The molecule has 0 bridgehead atoms. The zero-order chi connectivity index (χ0) is 26.9. The Kier molecular flexibility index (Phi) is 9.55. The second-order valence-electron chi connectivity index (χ2n) is 9.77. The van der Waals surface area contributed by atoms with Gasteiger partial charge in [-0.15, -0.1) is 0 Å². The first-order valence-corrected chi connectivity index (χ1v) is 13.5. The number of unbranched alkanes of at least 4 members (excludes halogenated alkanes) is 4. The van der Waals surface area contributed by atoms with Crippen molar-refractivity contribution in [3.8, 4) is 16.9 Å². The van der Waals surface area contributed by atoms with Gasteiger partial charge in [-0.25, -0.2) is 4.39 Å². The normalized spacial score (nSPS) is 12.0. The fourth-order valence-corrected chi connectivity index (χ4v) is 4.94. The SMILES string of the molecule is CCCCCCCn1cc(CC(CO)NC(=O)c2cccc(-c3ccc(OC)c(F)c3)c2)c2ccccc21. The van der Waals surface area contributed by atoms with Gasteiger partial charge >= 0.3 is 0 Å². The average Bonchev–Trinajstić information content (AvgIpc) is 3.29. The lowest BCUT2D eigenvalue weighted by molar-refractivity contribution is 0.0916. The molecule has 0 saturated carbocycles. The molecular weight excluding hydrogens is 479 g/mol. The average molecular weight is 517 g/mol. The van der Waals surface area contributed by atoms with Crippen LogP contribution in [0.5, 0.6) is 5.75 Å². The smallest absolute Gasteiger partial charge is 0.251 e. The fourth-order valence-electron chi connectivity index (χ4n) is 4.94. The predicted octanol–water partition coefficient (Wildman–Crippen LogP) is 6.76. The molecule has 38 heavy (non-hydrogen) atoms. The van der Waals surface area contributed by atoms with Crippen molar-refractivity contribution in [1.29, 1.82) is 0 Å². The first-order valence-electron chi connectivity index (χ1n) is 13.5. The van der Waals surface area contributed by atoms with Gasteiger partial charge in [0.15, 0.2) is 11.6 Å². The van der Waals surface area contributed by atoms with Crippen LogP contribution in [0.3, 0.4) is 0 Å². The quantitative estimate of drug-likeness (QED) is 0.193. The van der Waals surface area contributed by atoms with Gasteiger partial charge in [0, 0.05) is 29.2 Å². The van der Waals surface area contributed by atoms with Crippen LogP contribution in [0, 0.1) is 5.82 Å². The molecule has 0 spiro atoms. The zero-order valence-electron chi connectivity index (χ0n) is 22.3. The van der Waals surface area contributed by atoms with Crippen LogP contribution in [-0.4, -0.2) is 35.3 Å². The summed E-state index contributed by atoms with van der Waals surface area (Å²) in [5.74, 6) is -0.564. The predicted molar refractivity (Wildman–Crippen MR) is 151 cm³/mol. The molecule has 0 aliphatic carbocycles. The number of nitrogens with zero attached hydrogens (tertiary/aromatic N) is 1. The highest BCUT2D eigenvalue weighted by atomic mass is 19.1. The summed E-state index contributed by atoms with van der Waals surface area (Å²) < 4.78 is 21.5. The van der Waals surface area contributed by atoms with Crippen molar-refractivity contribution in [2.45, 2.75) is 58.0 Å². The molecule has 1 atom stereocenters. The Balaban J connectivity index is 1.47. The largest absolute Gasteiger partial charge is 0.494 e. The van der Waals surface area contributed by atoms with E-state index in [9.17, 15) is 14.3 Å². The van der Waals surface area contributed by atoms with Gasteiger partial charge in [0.2, 0.25) is 0 Å². The minimum Gasteiger partial charge on any atom is -0.494 e. The molecule has 0 aliphatic heterocycles. The summed E-state index contributed by atoms with van der Waals surface area (Å²) in [7, 11) is 1.42. The van der Waals surface area contributed by atoms with Crippen LogP contribution >= 0.6 is 0 Å². The van der Waals surface area contributed by atoms with Crippen LogP contribution < -0.4 is 10.1 Å². The Morgan fingerprint density at radius 2 is 1.79 bits per heavy atom. The van der Waals surface area contributed by atoms with E-state index in [4.69, 9.17) is 4.74 Å². The Morgan fingerprint density at radius 1 is 1.00 bits per heavy atom. The summed E-state index contributed by atoms with van der Waals surface area (Å²) >= 11 is 0. The maximum atomic E-state index is 14.2. The van der Waals surface area contributed by atoms with E-state index >= 15 is 0 Å². The maximum Gasteiger partial charge on any atom is 0.251 e. The van der Waals surface area contributed by atoms with E-state index in [2.05, 4.69) is 35.1 Å². The van der Waals surface area contributed by atoms with E-state index in [1.807, 2.05) is 18.2 Å². The van der Waals surface area contributed by atoms with Crippen molar-refractivity contribution in [2.75, 3.05) is 13.7 Å². The molecule has 200 valence electrons. The van der Waals surface area contributed by atoms with Crippen molar-refractivity contribution in [2.24, 2.45) is 0 Å². The van der Waals surface area contributed by atoms with Gasteiger partial charge < -0.3 is 19.7 Å². The molecule has 1 amide bonds. The molecule has 1 heterocycles. The lowest BCUT2D eigenvalue weighted by atomic mass is 10.0. The lowest BCUT2D eigenvalue weighted by Crippen LogP contribution is -2.39. The highest BCUT2D eigenvalue weighted by Gasteiger charge is 2.18. The number of carbonyl (C=O) groups is 1. The molecule has 4 rings (SSSR count). The molecule has 6 heteroatoms. The van der Waals surface area contributed by atoms with Gasteiger partial charge in [-0.05, 0) is 59.9 Å². The highest BCUT2D eigenvalue weighted by molar-refractivity contribution is 5.95. The second-order valence-corrected chi connectivity index (χ2v) is 9.77. The molecule has 0 saturated heterocycles. The fraction of sp³-hybridized carbons (Fsp3) is 0.344.